The Morgan fingerprint density at radius 2 is 1.65 bits per heavy atom. The molecule has 0 amide bonds. The molecular formula is C20H25NO4S. The van der Waals surface area contributed by atoms with Crippen LogP contribution in [0.5, 0.6) is 11.5 Å². The number of aryl methyl sites for hydroxylation is 2. The Bertz CT molecular complexity index is 906. The lowest BCUT2D eigenvalue weighted by Crippen LogP contribution is -2.32. The van der Waals surface area contributed by atoms with Crippen LogP contribution in [-0.2, 0) is 10.0 Å². The van der Waals surface area contributed by atoms with E-state index < -0.39 is 10.0 Å². The highest BCUT2D eigenvalue weighted by molar-refractivity contribution is 7.89. The Balaban J connectivity index is 1.93. The molecule has 0 fully saturated rings. The van der Waals surface area contributed by atoms with Crippen molar-refractivity contribution in [2.75, 3.05) is 13.2 Å². The second-order valence-corrected chi connectivity index (χ2v) is 8.70. The van der Waals surface area contributed by atoms with Crippen LogP contribution in [0.1, 0.15) is 36.6 Å². The molecule has 0 spiro atoms. The normalized spacial score (nSPS) is 15.1. The smallest absolute Gasteiger partial charge is 0.241 e. The lowest BCUT2D eigenvalue weighted by molar-refractivity contribution is 0.171. The third-order valence-corrected chi connectivity index (χ3v) is 6.10. The van der Waals surface area contributed by atoms with Crippen molar-refractivity contribution in [3.8, 4) is 11.5 Å². The highest BCUT2D eigenvalue weighted by atomic mass is 32.2. The first-order chi connectivity index (χ1) is 12.3. The van der Waals surface area contributed by atoms with Gasteiger partial charge in [0.05, 0.1) is 4.90 Å². The predicted molar refractivity (Wildman–Crippen MR) is 101 cm³/mol. The maximum atomic E-state index is 13.0. The maximum Gasteiger partial charge on any atom is 0.241 e. The number of hydrogen-bond acceptors (Lipinski definition) is 4. The largest absolute Gasteiger partial charge is 0.486 e. The zero-order valence-corrected chi connectivity index (χ0v) is 16.4. The molecule has 1 heterocycles. The summed E-state index contributed by atoms with van der Waals surface area (Å²) in [7, 11) is -3.64. The van der Waals surface area contributed by atoms with Crippen molar-refractivity contribution in [2.24, 2.45) is 5.92 Å². The van der Waals surface area contributed by atoms with Crippen LogP contribution < -0.4 is 14.2 Å². The van der Waals surface area contributed by atoms with E-state index in [-0.39, 0.29) is 12.0 Å². The lowest BCUT2D eigenvalue weighted by atomic mass is 9.97. The zero-order valence-electron chi connectivity index (χ0n) is 15.6. The second kappa shape index (κ2) is 7.29. The zero-order chi connectivity index (χ0) is 18.9. The van der Waals surface area contributed by atoms with Crippen LogP contribution in [0.3, 0.4) is 0 Å². The first-order valence-electron chi connectivity index (χ1n) is 8.77. The Hall–Kier alpha value is -2.05. The molecule has 1 N–H and O–H groups in total. The Labute approximate surface area is 155 Å². The number of sulfonamides is 1. The molecule has 140 valence electrons. The molecule has 6 heteroatoms. The second-order valence-electron chi connectivity index (χ2n) is 7.02. The van der Waals surface area contributed by atoms with Crippen LogP contribution in [0, 0.1) is 19.8 Å². The van der Waals surface area contributed by atoms with Crippen molar-refractivity contribution < 1.29 is 17.9 Å². The SMILES string of the molecule is Cc1ccc(S(=O)(=O)N[C@H](c2ccc3c(c2)OCCO3)C(C)C)c(C)c1. The van der Waals surface area contributed by atoms with Crippen molar-refractivity contribution in [1.82, 2.24) is 4.72 Å². The fraction of sp³-hybridized carbons (Fsp3) is 0.400. The van der Waals surface area contributed by atoms with Gasteiger partial charge in [-0.1, -0.05) is 37.6 Å². The number of nitrogens with one attached hydrogen (secondary N) is 1. The van der Waals surface area contributed by atoms with Crippen LogP contribution in [0.4, 0.5) is 0 Å². The molecule has 0 saturated heterocycles. The fourth-order valence-corrected chi connectivity index (χ4v) is 4.77. The van der Waals surface area contributed by atoms with Gasteiger partial charge in [0.1, 0.15) is 13.2 Å². The molecule has 5 nitrogen and oxygen atoms in total. The molecule has 2 aromatic rings. The highest BCUT2D eigenvalue weighted by Crippen LogP contribution is 2.35. The number of rotatable bonds is 5. The van der Waals surface area contributed by atoms with Gasteiger partial charge in [-0.3, -0.25) is 0 Å². The van der Waals surface area contributed by atoms with E-state index in [1.54, 1.807) is 6.07 Å². The van der Waals surface area contributed by atoms with Gasteiger partial charge in [-0.2, -0.15) is 0 Å². The van der Waals surface area contributed by atoms with Crippen LogP contribution >= 0.6 is 0 Å². The number of hydrogen-bond donors (Lipinski definition) is 1. The first-order valence-corrected chi connectivity index (χ1v) is 10.3. The summed E-state index contributed by atoms with van der Waals surface area (Å²) in [4.78, 5) is 0.311. The minimum Gasteiger partial charge on any atom is -0.486 e. The van der Waals surface area contributed by atoms with E-state index in [9.17, 15) is 8.42 Å². The fourth-order valence-electron chi connectivity index (χ4n) is 3.17. The topological polar surface area (TPSA) is 64.6 Å². The van der Waals surface area contributed by atoms with E-state index in [0.717, 1.165) is 16.7 Å². The van der Waals surface area contributed by atoms with Gasteiger partial charge < -0.3 is 9.47 Å². The van der Waals surface area contributed by atoms with Gasteiger partial charge in [0.2, 0.25) is 10.0 Å². The third kappa shape index (κ3) is 3.86. The molecule has 1 aliphatic heterocycles. The number of ether oxygens (including phenoxy) is 2. The monoisotopic (exact) mass is 375 g/mol. The number of benzene rings is 2. The maximum absolute atomic E-state index is 13.0. The average Bonchev–Trinajstić information content (AvgIpc) is 2.58. The standard InChI is InChI=1S/C20H25NO4S/c1-13(2)20(16-6-7-17-18(12-16)25-10-9-24-17)21-26(22,23)19-8-5-14(3)11-15(19)4/h5-8,11-13,20-21H,9-10H2,1-4H3/t20-/m0/s1. The minimum absolute atomic E-state index is 0.0677. The summed E-state index contributed by atoms with van der Waals surface area (Å²) in [5.74, 6) is 1.42. The van der Waals surface area contributed by atoms with Crippen LogP contribution in [0.2, 0.25) is 0 Å². The van der Waals surface area contributed by atoms with E-state index in [4.69, 9.17) is 9.47 Å². The quantitative estimate of drug-likeness (QED) is 0.864. The molecule has 0 aromatic heterocycles. The van der Waals surface area contributed by atoms with Gasteiger partial charge in [0, 0.05) is 6.04 Å². The van der Waals surface area contributed by atoms with E-state index >= 15 is 0 Å². The van der Waals surface area contributed by atoms with Gasteiger partial charge in [0.15, 0.2) is 11.5 Å². The van der Waals surface area contributed by atoms with E-state index in [2.05, 4.69) is 4.72 Å². The molecule has 0 aliphatic carbocycles. The summed E-state index contributed by atoms with van der Waals surface area (Å²) in [5, 5.41) is 0. The molecular weight excluding hydrogens is 350 g/mol. The summed E-state index contributed by atoms with van der Waals surface area (Å²) >= 11 is 0. The van der Waals surface area contributed by atoms with Crippen molar-refractivity contribution in [3.05, 3.63) is 53.1 Å². The van der Waals surface area contributed by atoms with Gasteiger partial charge in [0.25, 0.3) is 0 Å². The Morgan fingerprint density at radius 1 is 0.962 bits per heavy atom. The van der Waals surface area contributed by atoms with E-state index in [0.29, 0.717) is 29.6 Å². The van der Waals surface area contributed by atoms with Crippen molar-refractivity contribution >= 4 is 10.0 Å². The summed E-state index contributed by atoms with van der Waals surface area (Å²) in [6, 6.07) is 10.6. The number of fused-ring (bicyclic) bond motifs is 1. The van der Waals surface area contributed by atoms with Crippen molar-refractivity contribution in [3.63, 3.8) is 0 Å². The van der Waals surface area contributed by atoms with Gasteiger partial charge in [-0.05, 0) is 49.1 Å². The molecule has 26 heavy (non-hydrogen) atoms. The summed E-state index contributed by atoms with van der Waals surface area (Å²) in [5.41, 5.74) is 2.63. The predicted octanol–water partition coefficient (Wildman–Crippen LogP) is 3.75. The van der Waals surface area contributed by atoms with E-state index in [1.165, 1.54) is 0 Å². The highest BCUT2D eigenvalue weighted by Gasteiger charge is 2.26. The summed E-state index contributed by atoms with van der Waals surface area (Å²) in [6.07, 6.45) is 0. The van der Waals surface area contributed by atoms with Crippen LogP contribution in [0.15, 0.2) is 41.3 Å². The van der Waals surface area contributed by atoms with Crippen molar-refractivity contribution in [1.29, 1.82) is 0 Å². The molecule has 0 radical (unpaired) electrons. The molecule has 0 bridgehead atoms. The Morgan fingerprint density at radius 3 is 2.31 bits per heavy atom. The van der Waals surface area contributed by atoms with Crippen LogP contribution in [0.25, 0.3) is 0 Å². The molecule has 2 aromatic carbocycles. The molecule has 1 atom stereocenters. The minimum atomic E-state index is -3.64. The van der Waals surface area contributed by atoms with E-state index in [1.807, 2.05) is 58.0 Å². The first kappa shape index (κ1) is 18.7. The van der Waals surface area contributed by atoms with Gasteiger partial charge in [-0.25, -0.2) is 13.1 Å². The molecule has 3 rings (SSSR count). The molecule has 0 unspecified atom stereocenters. The van der Waals surface area contributed by atoms with Gasteiger partial charge in [-0.15, -0.1) is 0 Å². The molecule has 0 saturated carbocycles. The van der Waals surface area contributed by atoms with Gasteiger partial charge >= 0.3 is 0 Å². The Kier molecular flexibility index (Phi) is 5.25. The summed E-state index contributed by atoms with van der Waals surface area (Å²) < 4.78 is 40.0. The van der Waals surface area contributed by atoms with Crippen LogP contribution in [-0.4, -0.2) is 21.6 Å². The summed E-state index contributed by atoms with van der Waals surface area (Å²) in [6.45, 7) is 8.77. The molecule has 1 aliphatic rings. The average molecular weight is 375 g/mol. The third-order valence-electron chi connectivity index (χ3n) is 4.49. The lowest BCUT2D eigenvalue weighted by Gasteiger charge is -2.25. The van der Waals surface area contributed by atoms with Crippen molar-refractivity contribution in [2.45, 2.75) is 38.6 Å².